The summed E-state index contributed by atoms with van der Waals surface area (Å²) in [6.07, 6.45) is 4.25. The van der Waals surface area contributed by atoms with Crippen LogP contribution in [0.1, 0.15) is 60.8 Å². The zero-order chi connectivity index (χ0) is 11.8. The van der Waals surface area contributed by atoms with Gasteiger partial charge in [-0.3, -0.25) is 0 Å². The van der Waals surface area contributed by atoms with Crippen LogP contribution in [0.25, 0.3) is 0 Å². The molecule has 0 saturated carbocycles. The van der Waals surface area contributed by atoms with Crippen LogP contribution < -0.4 is 0 Å². The van der Waals surface area contributed by atoms with E-state index in [1.165, 1.54) is 19.3 Å². The lowest BCUT2D eigenvalue weighted by molar-refractivity contribution is 0.121. The van der Waals surface area contributed by atoms with Gasteiger partial charge in [0.15, 0.2) is 0 Å². The molecular formula is C12H28O2Si. The van der Waals surface area contributed by atoms with Gasteiger partial charge in [0.1, 0.15) is 0 Å². The number of hydrogen-bond acceptors (Lipinski definition) is 2. The molecule has 0 aromatic carbocycles. The zero-order valence-corrected chi connectivity index (χ0v) is 12.4. The molecule has 0 aromatic heterocycles. The van der Waals surface area contributed by atoms with Crippen molar-refractivity contribution in [2.24, 2.45) is 0 Å². The van der Waals surface area contributed by atoms with Gasteiger partial charge in [0.25, 0.3) is 0 Å². The van der Waals surface area contributed by atoms with Crippen LogP contribution in [0, 0.1) is 0 Å². The molecule has 0 radical (unpaired) electrons. The summed E-state index contributed by atoms with van der Waals surface area (Å²) in [5.74, 6) is 0. The third-order valence-corrected chi connectivity index (χ3v) is 5.58. The Hall–Kier alpha value is 0.137. The van der Waals surface area contributed by atoms with Crippen LogP contribution in [-0.2, 0) is 8.85 Å². The zero-order valence-electron chi connectivity index (χ0n) is 11.2. The van der Waals surface area contributed by atoms with E-state index in [0.29, 0.717) is 17.7 Å². The van der Waals surface area contributed by atoms with Crippen molar-refractivity contribution in [2.75, 3.05) is 0 Å². The molecule has 1 unspecified atom stereocenters. The van der Waals surface area contributed by atoms with Crippen LogP contribution in [0.2, 0.25) is 5.54 Å². The quantitative estimate of drug-likeness (QED) is 0.595. The van der Waals surface area contributed by atoms with Gasteiger partial charge >= 0.3 is 9.28 Å². The van der Waals surface area contributed by atoms with Gasteiger partial charge in [-0.1, -0.05) is 26.7 Å². The highest BCUT2D eigenvalue weighted by atomic mass is 28.3. The van der Waals surface area contributed by atoms with Crippen LogP contribution >= 0.6 is 0 Å². The van der Waals surface area contributed by atoms with Crippen molar-refractivity contribution < 1.29 is 8.85 Å². The molecule has 0 aliphatic carbocycles. The molecule has 0 rings (SSSR count). The summed E-state index contributed by atoms with van der Waals surface area (Å²) in [5.41, 5.74) is 0.666. The molecule has 0 amide bonds. The summed E-state index contributed by atoms with van der Waals surface area (Å²) < 4.78 is 12.0. The molecule has 0 aliphatic heterocycles. The van der Waals surface area contributed by atoms with E-state index in [1.54, 1.807) is 0 Å². The first kappa shape index (κ1) is 15.1. The minimum absolute atomic E-state index is 0.298. The highest BCUT2D eigenvalue weighted by Crippen LogP contribution is 2.24. The topological polar surface area (TPSA) is 18.5 Å². The van der Waals surface area contributed by atoms with Crippen molar-refractivity contribution >= 4 is 9.28 Å². The SMILES string of the molecule is CCCC(CC)[SiH](OC(C)C)OC(C)C. The van der Waals surface area contributed by atoms with Crippen molar-refractivity contribution in [1.29, 1.82) is 0 Å². The van der Waals surface area contributed by atoms with Crippen molar-refractivity contribution in [3.63, 3.8) is 0 Å². The monoisotopic (exact) mass is 232 g/mol. The van der Waals surface area contributed by atoms with Gasteiger partial charge in [-0.2, -0.15) is 0 Å². The van der Waals surface area contributed by atoms with Gasteiger partial charge < -0.3 is 8.85 Å². The first-order valence-corrected chi connectivity index (χ1v) is 7.93. The third kappa shape index (κ3) is 7.09. The lowest BCUT2D eigenvalue weighted by Crippen LogP contribution is -2.34. The lowest BCUT2D eigenvalue weighted by Gasteiger charge is -2.27. The van der Waals surface area contributed by atoms with E-state index in [1.807, 2.05) is 0 Å². The normalized spacial score (nSPS) is 14.2. The predicted octanol–water partition coefficient (Wildman–Crippen LogP) is 3.64. The molecule has 0 fully saturated rings. The fourth-order valence-electron chi connectivity index (χ4n) is 1.69. The molecule has 0 aromatic rings. The van der Waals surface area contributed by atoms with E-state index in [9.17, 15) is 0 Å². The smallest absolute Gasteiger partial charge is 0.325 e. The van der Waals surface area contributed by atoms with Crippen LogP contribution in [0.15, 0.2) is 0 Å². The van der Waals surface area contributed by atoms with E-state index >= 15 is 0 Å². The Morgan fingerprint density at radius 2 is 1.40 bits per heavy atom. The summed E-state index contributed by atoms with van der Waals surface area (Å²) in [4.78, 5) is 0. The van der Waals surface area contributed by atoms with Gasteiger partial charge in [0.05, 0.1) is 0 Å². The highest BCUT2D eigenvalue weighted by Gasteiger charge is 2.26. The van der Waals surface area contributed by atoms with E-state index < -0.39 is 9.28 Å². The van der Waals surface area contributed by atoms with Crippen LogP contribution in [0.4, 0.5) is 0 Å². The first-order valence-electron chi connectivity index (χ1n) is 6.32. The molecule has 0 spiro atoms. The fourth-order valence-corrected chi connectivity index (χ4v) is 4.27. The standard InChI is InChI=1S/C12H28O2Si/c1-7-9-12(8-2)15(13-10(3)4)14-11(5)6/h10-12,15H,7-9H2,1-6H3. The lowest BCUT2D eigenvalue weighted by atomic mass is 10.2. The number of hydrogen-bond donors (Lipinski definition) is 0. The second kappa shape index (κ2) is 8.31. The maximum Gasteiger partial charge on any atom is 0.325 e. The molecular weight excluding hydrogens is 204 g/mol. The van der Waals surface area contributed by atoms with E-state index in [-0.39, 0.29) is 0 Å². The van der Waals surface area contributed by atoms with Crippen LogP contribution in [0.3, 0.4) is 0 Å². The summed E-state index contributed by atoms with van der Waals surface area (Å²) in [7, 11) is -1.48. The predicted molar refractivity (Wildman–Crippen MR) is 68.5 cm³/mol. The van der Waals surface area contributed by atoms with E-state index in [2.05, 4.69) is 41.5 Å². The van der Waals surface area contributed by atoms with Gasteiger partial charge in [-0.15, -0.1) is 0 Å². The van der Waals surface area contributed by atoms with Crippen molar-refractivity contribution in [3.8, 4) is 0 Å². The molecule has 15 heavy (non-hydrogen) atoms. The Balaban J connectivity index is 4.28. The summed E-state index contributed by atoms with van der Waals surface area (Å²) >= 11 is 0. The molecule has 0 heterocycles. The van der Waals surface area contributed by atoms with Gasteiger partial charge in [0.2, 0.25) is 0 Å². The molecule has 0 saturated heterocycles. The van der Waals surface area contributed by atoms with E-state index in [0.717, 1.165) is 0 Å². The molecule has 92 valence electrons. The Labute approximate surface area is 97.2 Å². The van der Waals surface area contributed by atoms with Gasteiger partial charge in [-0.05, 0) is 39.7 Å². The highest BCUT2D eigenvalue weighted by molar-refractivity contribution is 6.46. The summed E-state index contributed by atoms with van der Waals surface area (Å²) in [5, 5.41) is 0. The van der Waals surface area contributed by atoms with Crippen molar-refractivity contribution in [2.45, 2.75) is 78.6 Å². The Morgan fingerprint density at radius 1 is 0.933 bits per heavy atom. The molecule has 0 N–H and O–H groups in total. The number of rotatable bonds is 8. The van der Waals surface area contributed by atoms with Gasteiger partial charge in [-0.25, -0.2) is 0 Å². The average Bonchev–Trinajstić information content (AvgIpc) is 2.11. The van der Waals surface area contributed by atoms with Crippen molar-refractivity contribution in [1.82, 2.24) is 0 Å². The minimum atomic E-state index is -1.48. The third-order valence-electron chi connectivity index (χ3n) is 2.38. The second-order valence-corrected chi connectivity index (χ2v) is 6.92. The largest absolute Gasteiger partial charge is 0.394 e. The van der Waals surface area contributed by atoms with Crippen LogP contribution in [0.5, 0.6) is 0 Å². The molecule has 1 atom stereocenters. The Kier molecular flexibility index (Phi) is 8.38. The minimum Gasteiger partial charge on any atom is -0.394 e. The first-order chi connectivity index (χ1) is 7.01. The average molecular weight is 232 g/mol. The molecule has 0 bridgehead atoms. The van der Waals surface area contributed by atoms with Crippen LogP contribution in [-0.4, -0.2) is 21.5 Å². The maximum absolute atomic E-state index is 5.98. The Bertz CT molecular complexity index is 139. The van der Waals surface area contributed by atoms with E-state index in [4.69, 9.17) is 8.85 Å². The summed E-state index contributed by atoms with van der Waals surface area (Å²) in [6.45, 7) is 12.9. The van der Waals surface area contributed by atoms with Crippen molar-refractivity contribution in [3.05, 3.63) is 0 Å². The summed E-state index contributed by atoms with van der Waals surface area (Å²) in [6, 6.07) is 0. The van der Waals surface area contributed by atoms with Gasteiger partial charge in [0, 0.05) is 12.2 Å². The molecule has 2 nitrogen and oxygen atoms in total. The Morgan fingerprint density at radius 3 is 1.67 bits per heavy atom. The maximum atomic E-state index is 5.98. The molecule has 0 aliphatic rings. The molecule has 3 heteroatoms. The second-order valence-electron chi connectivity index (χ2n) is 4.70. The fraction of sp³-hybridized carbons (Fsp3) is 1.00.